The van der Waals surface area contributed by atoms with Crippen LogP contribution in [-0.2, 0) is 33.2 Å². The van der Waals surface area contributed by atoms with E-state index >= 15 is 0 Å². The molecule has 5 rings (SSSR count). The second-order valence-corrected chi connectivity index (χ2v) is 18.4. The summed E-state index contributed by atoms with van der Waals surface area (Å²) in [6, 6.07) is 12.3. The molecule has 1 aliphatic carbocycles. The summed E-state index contributed by atoms with van der Waals surface area (Å²) in [4.78, 5) is 4.68. The molecule has 12 heteroatoms. The van der Waals surface area contributed by atoms with E-state index in [1.165, 1.54) is 32.1 Å². The van der Waals surface area contributed by atoms with E-state index < -0.39 is 26.3 Å². The average Bonchev–Trinajstić information content (AvgIpc) is 3.05. The number of sulfonamides is 1. The van der Waals surface area contributed by atoms with Crippen LogP contribution in [0.2, 0.25) is 5.02 Å². The minimum atomic E-state index is -3.82. The Bertz CT molecular complexity index is 1550. The Morgan fingerprint density at radius 1 is 0.787 bits per heavy atom. The number of nitrogens with zero attached hydrogens (tertiary/aromatic N) is 5. The summed E-state index contributed by atoms with van der Waals surface area (Å²) in [6.07, 6.45) is 8.39. The predicted molar refractivity (Wildman–Crippen MR) is 192 cm³/mol. The number of hydrogen-bond acceptors (Lipinski definition) is 6. The van der Waals surface area contributed by atoms with Crippen LogP contribution in [0.1, 0.15) is 69.9 Å². The predicted octanol–water partition coefficient (Wildman–Crippen LogP) is 5.70. The van der Waals surface area contributed by atoms with Gasteiger partial charge in [-0.25, -0.2) is 8.42 Å². The van der Waals surface area contributed by atoms with Crippen LogP contribution >= 0.6 is 11.6 Å². The maximum Gasteiger partial charge on any atom is 0.282 e. The van der Waals surface area contributed by atoms with Gasteiger partial charge in [-0.2, -0.15) is 21.3 Å². The fourth-order valence-electron chi connectivity index (χ4n) is 7.46. The van der Waals surface area contributed by atoms with Crippen molar-refractivity contribution in [3.63, 3.8) is 0 Å². The van der Waals surface area contributed by atoms with Crippen molar-refractivity contribution in [2.75, 3.05) is 64.8 Å². The topological polar surface area (TPSA) is 84.5 Å². The molecule has 0 bridgehead atoms. The van der Waals surface area contributed by atoms with Crippen molar-refractivity contribution in [1.82, 2.24) is 17.8 Å². The zero-order valence-electron chi connectivity index (χ0n) is 28.7. The van der Waals surface area contributed by atoms with Gasteiger partial charge in [-0.15, -0.1) is 0 Å². The van der Waals surface area contributed by atoms with Crippen LogP contribution in [0.25, 0.3) is 0 Å². The summed E-state index contributed by atoms with van der Waals surface area (Å²) in [6.45, 7) is 8.26. The van der Waals surface area contributed by atoms with Gasteiger partial charge in [0.1, 0.15) is 0 Å². The molecule has 0 aromatic heterocycles. The Morgan fingerprint density at radius 3 is 2.15 bits per heavy atom. The van der Waals surface area contributed by atoms with Crippen LogP contribution in [0.15, 0.2) is 47.4 Å². The zero-order valence-corrected chi connectivity index (χ0v) is 31.0. The van der Waals surface area contributed by atoms with Crippen LogP contribution < -0.4 is 4.90 Å². The van der Waals surface area contributed by atoms with Crippen molar-refractivity contribution in [2.45, 2.75) is 82.7 Å². The van der Waals surface area contributed by atoms with Crippen molar-refractivity contribution < 1.29 is 16.8 Å². The molecule has 0 N–H and O–H groups in total. The first-order valence-electron chi connectivity index (χ1n) is 17.4. The number of rotatable bonds is 7. The van der Waals surface area contributed by atoms with E-state index in [0.717, 1.165) is 49.3 Å². The molecule has 2 heterocycles. The zero-order chi connectivity index (χ0) is 33.8. The second-order valence-electron chi connectivity index (χ2n) is 14.1. The van der Waals surface area contributed by atoms with E-state index in [-0.39, 0.29) is 17.4 Å². The van der Waals surface area contributed by atoms with Crippen LogP contribution in [-0.4, -0.2) is 101 Å². The Hall–Kier alpha value is -1.73. The first-order valence-corrected chi connectivity index (χ1v) is 20.6. The molecule has 1 saturated heterocycles. The van der Waals surface area contributed by atoms with Crippen molar-refractivity contribution in [1.29, 1.82) is 0 Å². The normalized spacial score (nSPS) is 24.3. The molecule has 0 unspecified atom stereocenters. The third kappa shape index (κ3) is 8.90. The molecule has 9 nitrogen and oxygen atoms in total. The molecule has 2 aromatic rings. The molecule has 2 fully saturated rings. The molecule has 2 atom stereocenters. The molecule has 2 aliphatic heterocycles. The highest BCUT2D eigenvalue weighted by Gasteiger charge is 2.37. The van der Waals surface area contributed by atoms with Gasteiger partial charge < -0.3 is 9.80 Å². The van der Waals surface area contributed by atoms with Gasteiger partial charge in [-0.3, -0.25) is 0 Å². The largest absolute Gasteiger partial charge is 0.378 e. The summed E-state index contributed by atoms with van der Waals surface area (Å²) < 4.78 is 62.1. The van der Waals surface area contributed by atoms with Gasteiger partial charge in [0.15, 0.2) is 0 Å². The van der Waals surface area contributed by atoms with Crippen molar-refractivity contribution in [2.24, 2.45) is 11.8 Å². The third-order valence-corrected chi connectivity index (χ3v) is 14.7. The molecule has 262 valence electrons. The fraction of sp³-hybridized carbons (Fsp3) is 0.657. The second kappa shape index (κ2) is 15.9. The molecule has 47 heavy (non-hydrogen) atoms. The highest BCUT2D eigenvalue weighted by atomic mass is 35.5. The summed E-state index contributed by atoms with van der Waals surface area (Å²) in [5.41, 5.74) is 3.01. The van der Waals surface area contributed by atoms with Gasteiger partial charge >= 0.3 is 0 Å². The highest BCUT2D eigenvalue weighted by Crippen LogP contribution is 2.30. The lowest BCUT2D eigenvalue weighted by Gasteiger charge is -2.39. The fourth-order valence-corrected chi connectivity index (χ4v) is 11.2. The summed E-state index contributed by atoms with van der Waals surface area (Å²) in [5, 5.41) is 0.664. The number of anilines is 1. The van der Waals surface area contributed by atoms with Gasteiger partial charge in [0, 0.05) is 70.1 Å². The Labute approximate surface area is 289 Å². The maximum absolute atomic E-state index is 14.3. The van der Waals surface area contributed by atoms with E-state index in [1.807, 2.05) is 63.2 Å². The minimum absolute atomic E-state index is 0.228. The van der Waals surface area contributed by atoms with Crippen LogP contribution in [0, 0.1) is 11.8 Å². The van der Waals surface area contributed by atoms with Gasteiger partial charge in [0.25, 0.3) is 10.2 Å². The molecule has 1 saturated carbocycles. The van der Waals surface area contributed by atoms with Crippen LogP contribution in [0.4, 0.5) is 5.69 Å². The Balaban J connectivity index is 1.42. The number of hydrogen-bond donors (Lipinski definition) is 0. The number of benzene rings is 2. The van der Waals surface area contributed by atoms with Gasteiger partial charge in [-0.1, -0.05) is 43.9 Å². The number of fused-ring (bicyclic) bond motifs is 1. The summed E-state index contributed by atoms with van der Waals surface area (Å²) >= 11 is 6.22. The lowest BCUT2D eigenvalue weighted by atomic mass is 9.89. The first-order chi connectivity index (χ1) is 22.4. The Kier molecular flexibility index (Phi) is 12.3. The van der Waals surface area contributed by atoms with Crippen molar-refractivity contribution in [3.8, 4) is 0 Å². The highest BCUT2D eigenvalue weighted by molar-refractivity contribution is 7.89. The molecule has 0 radical (unpaired) electrons. The summed E-state index contributed by atoms with van der Waals surface area (Å²) in [7, 11) is -3.76. The van der Waals surface area contributed by atoms with E-state index in [1.54, 1.807) is 25.0 Å². The van der Waals surface area contributed by atoms with Crippen molar-refractivity contribution >= 4 is 37.5 Å². The molecule has 0 spiro atoms. The van der Waals surface area contributed by atoms with Crippen molar-refractivity contribution in [3.05, 3.63) is 58.6 Å². The van der Waals surface area contributed by atoms with E-state index in [2.05, 4.69) is 4.90 Å². The molecular weight excluding hydrogens is 654 g/mol. The maximum atomic E-state index is 14.3. The van der Waals surface area contributed by atoms with Gasteiger partial charge in [0.05, 0.1) is 4.90 Å². The third-order valence-electron chi connectivity index (χ3n) is 10.5. The van der Waals surface area contributed by atoms with Crippen LogP contribution in [0.5, 0.6) is 0 Å². The quantitative estimate of drug-likeness (QED) is 0.367. The van der Waals surface area contributed by atoms with E-state index in [0.29, 0.717) is 43.5 Å². The lowest BCUT2D eigenvalue weighted by Crippen LogP contribution is -2.51. The smallest absolute Gasteiger partial charge is 0.282 e. The average molecular weight is 708 g/mol. The van der Waals surface area contributed by atoms with Gasteiger partial charge in [0.2, 0.25) is 10.0 Å². The molecular formula is C35H54ClN5O4S2. The molecule has 2 aromatic carbocycles. The molecule has 0 amide bonds. The minimum Gasteiger partial charge on any atom is -0.378 e. The molecule has 3 aliphatic rings. The lowest BCUT2D eigenvalue weighted by molar-refractivity contribution is 0.166. The van der Waals surface area contributed by atoms with Gasteiger partial charge in [-0.05, 0) is 111 Å². The summed E-state index contributed by atoms with van der Waals surface area (Å²) in [5.74, 6) is 0.418. The van der Waals surface area contributed by atoms with E-state index in [4.69, 9.17) is 11.6 Å². The standard InChI is InChI=1S/C35H54ClN5O4S2/c1-28-25-39(47(44,45)40-23-18-31-24-33(36)13-12-32(31)27-40)21-8-19-38(26-30-10-6-5-7-11-30)20-9-22-41(29(28)2)46(42,43)35-16-14-34(15-17-35)37(3)4/h12-17,24,28-30H,5-11,18-23,25-27H2,1-4H3/t28-,29+/m1/s1. The SMILES string of the molecule is C[C@@H]1CN(S(=O)(=O)N2CCc3cc(Cl)ccc3C2)CCCN(CC2CCCCC2)CCCN(S(=O)(=O)c2ccc(N(C)C)cc2)[C@H]1C. The first kappa shape index (κ1) is 36.5. The van der Waals surface area contributed by atoms with E-state index in [9.17, 15) is 16.8 Å². The van der Waals surface area contributed by atoms with Crippen LogP contribution in [0.3, 0.4) is 0 Å². The monoisotopic (exact) mass is 707 g/mol. The Morgan fingerprint density at radius 2 is 1.47 bits per heavy atom. The number of halogens is 1.